The highest BCUT2D eigenvalue weighted by Crippen LogP contribution is 2.27. The molecule has 1 aromatic heterocycles. The Hall–Kier alpha value is -0.830. The maximum atomic E-state index is 4.25. The third kappa shape index (κ3) is 4.13. The van der Waals surface area contributed by atoms with Gasteiger partial charge in [-0.3, -0.25) is 4.68 Å². The molecule has 1 aromatic rings. The summed E-state index contributed by atoms with van der Waals surface area (Å²) in [4.78, 5) is 0. The molecule has 1 aliphatic carbocycles. The standard InChI is InChI=1S/C15H27N3/c1-16-15(10-14-11-17-18(2)12-14)9-13-7-5-3-4-6-8-13/h11-13,15-16H,3-10H2,1-2H3. The summed E-state index contributed by atoms with van der Waals surface area (Å²) < 4.78 is 1.90. The van der Waals surface area contributed by atoms with Gasteiger partial charge in [-0.15, -0.1) is 0 Å². The first kappa shape index (κ1) is 13.6. The molecule has 1 heterocycles. The molecule has 1 aliphatic rings. The second-order valence-electron chi connectivity index (χ2n) is 5.81. The van der Waals surface area contributed by atoms with E-state index in [0.29, 0.717) is 6.04 Å². The van der Waals surface area contributed by atoms with Gasteiger partial charge in [-0.1, -0.05) is 38.5 Å². The number of likely N-dealkylation sites (N-methyl/N-ethyl adjacent to an activating group) is 1. The molecule has 1 N–H and O–H groups in total. The van der Waals surface area contributed by atoms with Gasteiger partial charge >= 0.3 is 0 Å². The maximum Gasteiger partial charge on any atom is 0.0522 e. The first-order chi connectivity index (χ1) is 8.78. The quantitative estimate of drug-likeness (QED) is 0.813. The Bertz CT molecular complexity index is 337. The summed E-state index contributed by atoms with van der Waals surface area (Å²) >= 11 is 0. The second kappa shape index (κ2) is 6.93. The van der Waals surface area contributed by atoms with E-state index in [2.05, 4.69) is 23.7 Å². The van der Waals surface area contributed by atoms with Gasteiger partial charge in [0.05, 0.1) is 6.20 Å². The molecule has 18 heavy (non-hydrogen) atoms. The van der Waals surface area contributed by atoms with Gasteiger partial charge in [0.1, 0.15) is 0 Å². The average molecular weight is 249 g/mol. The summed E-state index contributed by atoms with van der Waals surface area (Å²) in [6.45, 7) is 0. The minimum absolute atomic E-state index is 0.609. The first-order valence-corrected chi connectivity index (χ1v) is 7.42. The molecular formula is C15H27N3. The Labute approximate surface area is 111 Å². The van der Waals surface area contributed by atoms with Gasteiger partial charge in [-0.05, 0) is 31.4 Å². The average Bonchev–Trinajstić information content (AvgIpc) is 2.63. The van der Waals surface area contributed by atoms with E-state index >= 15 is 0 Å². The molecule has 1 saturated carbocycles. The van der Waals surface area contributed by atoms with E-state index in [1.54, 1.807) is 0 Å². The van der Waals surface area contributed by atoms with Crippen molar-refractivity contribution in [2.75, 3.05) is 7.05 Å². The number of nitrogens with zero attached hydrogens (tertiary/aromatic N) is 2. The van der Waals surface area contributed by atoms with E-state index in [1.807, 2.05) is 17.9 Å². The van der Waals surface area contributed by atoms with Crippen molar-refractivity contribution in [2.24, 2.45) is 13.0 Å². The van der Waals surface area contributed by atoms with E-state index in [0.717, 1.165) is 12.3 Å². The molecule has 1 unspecified atom stereocenters. The van der Waals surface area contributed by atoms with Gasteiger partial charge < -0.3 is 5.32 Å². The summed E-state index contributed by atoms with van der Waals surface area (Å²) in [5.41, 5.74) is 1.35. The Balaban J connectivity index is 1.84. The fourth-order valence-corrected chi connectivity index (χ4v) is 3.17. The molecule has 3 heteroatoms. The Morgan fingerprint density at radius 1 is 1.33 bits per heavy atom. The molecule has 0 amide bonds. The zero-order valence-corrected chi connectivity index (χ0v) is 11.9. The van der Waals surface area contributed by atoms with Crippen molar-refractivity contribution in [3.63, 3.8) is 0 Å². The van der Waals surface area contributed by atoms with Crippen molar-refractivity contribution in [1.82, 2.24) is 15.1 Å². The molecule has 3 nitrogen and oxygen atoms in total. The molecule has 0 saturated heterocycles. The highest BCUT2D eigenvalue weighted by Gasteiger charge is 2.17. The van der Waals surface area contributed by atoms with Crippen molar-refractivity contribution < 1.29 is 0 Å². The summed E-state index contributed by atoms with van der Waals surface area (Å²) in [5, 5.41) is 7.75. The van der Waals surface area contributed by atoms with E-state index in [4.69, 9.17) is 0 Å². The van der Waals surface area contributed by atoms with Crippen LogP contribution < -0.4 is 5.32 Å². The Kier molecular flexibility index (Phi) is 5.24. The molecule has 1 fully saturated rings. The van der Waals surface area contributed by atoms with E-state index in [-0.39, 0.29) is 0 Å². The number of rotatable bonds is 5. The molecule has 0 aromatic carbocycles. The van der Waals surface area contributed by atoms with Crippen LogP contribution in [-0.4, -0.2) is 22.9 Å². The van der Waals surface area contributed by atoms with Gasteiger partial charge in [-0.2, -0.15) is 5.10 Å². The normalized spacial score (nSPS) is 19.7. The zero-order chi connectivity index (χ0) is 12.8. The molecule has 0 aliphatic heterocycles. The van der Waals surface area contributed by atoms with Crippen LogP contribution in [0.25, 0.3) is 0 Å². The number of aryl methyl sites for hydroxylation is 1. The van der Waals surface area contributed by atoms with Gasteiger partial charge in [0.25, 0.3) is 0 Å². The van der Waals surface area contributed by atoms with Crippen LogP contribution in [0.15, 0.2) is 12.4 Å². The third-order valence-corrected chi connectivity index (χ3v) is 4.24. The summed E-state index contributed by atoms with van der Waals surface area (Å²) in [6, 6.07) is 0.609. The van der Waals surface area contributed by atoms with Gasteiger partial charge in [0.15, 0.2) is 0 Å². The topological polar surface area (TPSA) is 29.9 Å². The SMILES string of the molecule is CNC(Cc1cnn(C)c1)CC1CCCCCC1. The van der Waals surface area contributed by atoms with E-state index in [1.165, 1.54) is 50.5 Å². The van der Waals surface area contributed by atoms with Crippen molar-refractivity contribution in [3.05, 3.63) is 18.0 Å². The van der Waals surface area contributed by atoms with Gasteiger partial charge in [0.2, 0.25) is 0 Å². The summed E-state index contributed by atoms with van der Waals surface area (Å²) in [7, 11) is 4.08. The third-order valence-electron chi connectivity index (χ3n) is 4.24. The molecule has 0 spiro atoms. The maximum absolute atomic E-state index is 4.25. The van der Waals surface area contributed by atoms with Crippen molar-refractivity contribution in [1.29, 1.82) is 0 Å². The first-order valence-electron chi connectivity index (χ1n) is 7.42. The van der Waals surface area contributed by atoms with Crippen LogP contribution in [-0.2, 0) is 13.5 Å². The highest BCUT2D eigenvalue weighted by atomic mass is 15.2. The van der Waals surface area contributed by atoms with Crippen LogP contribution in [0.4, 0.5) is 0 Å². The van der Waals surface area contributed by atoms with Gasteiger partial charge in [-0.25, -0.2) is 0 Å². The second-order valence-corrected chi connectivity index (χ2v) is 5.81. The summed E-state index contributed by atoms with van der Waals surface area (Å²) in [6.07, 6.45) is 15.2. The van der Waals surface area contributed by atoms with Crippen molar-refractivity contribution in [3.8, 4) is 0 Å². The minimum Gasteiger partial charge on any atom is -0.317 e. The number of hydrogen-bond acceptors (Lipinski definition) is 2. The molecule has 102 valence electrons. The number of hydrogen-bond donors (Lipinski definition) is 1. The largest absolute Gasteiger partial charge is 0.317 e. The minimum atomic E-state index is 0.609. The van der Waals surface area contributed by atoms with E-state index < -0.39 is 0 Å². The van der Waals surface area contributed by atoms with Crippen LogP contribution in [0.2, 0.25) is 0 Å². The molecule has 0 radical (unpaired) electrons. The zero-order valence-electron chi connectivity index (χ0n) is 11.9. The molecule has 1 atom stereocenters. The molecule has 0 bridgehead atoms. The lowest BCUT2D eigenvalue weighted by Crippen LogP contribution is -2.30. The predicted molar refractivity (Wildman–Crippen MR) is 75.6 cm³/mol. The lowest BCUT2D eigenvalue weighted by molar-refractivity contribution is 0.361. The highest BCUT2D eigenvalue weighted by molar-refractivity contribution is 5.06. The van der Waals surface area contributed by atoms with Gasteiger partial charge in [0, 0.05) is 19.3 Å². The fraction of sp³-hybridized carbons (Fsp3) is 0.800. The smallest absolute Gasteiger partial charge is 0.0522 e. The predicted octanol–water partition coefficient (Wildman–Crippen LogP) is 2.91. The molecular weight excluding hydrogens is 222 g/mol. The lowest BCUT2D eigenvalue weighted by atomic mass is 9.90. The lowest BCUT2D eigenvalue weighted by Gasteiger charge is -2.21. The number of nitrogens with one attached hydrogen (secondary N) is 1. The van der Waals surface area contributed by atoms with Crippen LogP contribution >= 0.6 is 0 Å². The number of aromatic nitrogens is 2. The summed E-state index contributed by atoms with van der Waals surface area (Å²) in [5.74, 6) is 0.932. The monoisotopic (exact) mass is 249 g/mol. The molecule has 2 rings (SSSR count). The van der Waals surface area contributed by atoms with E-state index in [9.17, 15) is 0 Å². The Morgan fingerprint density at radius 2 is 2.06 bits per heavy atom. The van der Waals surface area contributed by atoms with Crippen LogP contribution in [0.1, 0.15) is 50.5 Å². The Morgan fingerprint density at radius 3 is 2.61 bits per heavy atom. The fourth-order valence-electron chi connectivity index (χ4n) is 3.17. The van der Waals surface area contributed by atoms with Crippen molar-refractivity contribution in [2.45, 2.75) is 57.4 Å². The van der Waals surface area contributed by atoms with Crippen LogP contribution in [0, 0.1) is 5.92 Å². The van der Waals surface area contributed by atoms with Crippen LogP contribution in [0.3, 0.4) is 0 Å². The van der Waals surface area contributed by atoms with Crippen LogP contribution in [0.5, 0.6) is 0 Å². The van der Waals surface area contributed by atoms with Crippen molar-refractivity contribution >= 4 is 0 Å².